The molecule has 0 amide bonds. The molecule has 6 aliphatic rings. The number of nitrogens with zero attached hydrogens (tertiary/aromatic N) is 1. The van der Waals surface area contributed by atoms with Crippen molar-refractivity contribution in [1.29, 1.82) is 0 Å². The maximum absolute atomic E-state index is 14.5. The highest BCUT2D eigenvalue weighted by molar-refractivity contribution is 5.92. The first-order valence-corrected chi connectivity index (χ1v) is 15.1. The predicted molar refractivity (Wildman–Crippen MR) is 147 cm³/mol. The average Bonchev–Trinajstić information content (AvgIpc) is 3.32. The number of carbonyl (C=O) groups is 2. The minimum absolute atomic E-state index is 0.0383. The van der Waals surface area contributed by atoms with E-state index < -0.39 is 35.1 Å². The van der Waals surface area contributed by atoms with Gasteiger partial charge >= 0.3 is 5.97 Å². The molecule has 41 heavy (non-hydrogen) atoms. The van der Waals surface area contributed by atoms with Crippen LogP contribution < -0.4 is 0 Å². The van der Waals surface area contributed by atoms with E-state index >= 15 is 0 Å². The molecule has 9 heteroatoms. The molecule has 224 valence electrons. The van der Waals surface area contributed by atoms with Crippen molar-refractivity contribution in [2.75, 3.05) is 48.1 Å². The topological polar surface area (TPSA) is 104 Å². The van der Waals surface area contributed by atoms with Crippen molar-refractivity contribution in [1.82, 2.24) is 4.90 Å². The number of esters is 1. The van der Waals surface area contributed by atoms with Crippen LogP contribution in [0.4, 0.5) is 0 Å². The van der Waals surface area contributed by atoms with Gasteiger partial charge in [-0.3, -0.25) is 9.69 Å². The molecular weight excluding hydrogens is 526 g/mol. The summed E-state index contributed by atoms with van der Waals surface area (Å²) in [4.78, 5) is 30.5. The Hall–Kier alpha value is -1.88. The molecule has 9 nitrogen and oxygen atoms in total. The fraction of sp³-hybridized carbons (Fsp3) is 0.750. The van der Waals surface area contributed by atoms with Crippen molar-refractivity contribution in [3.05, 3.63) is 35.9 Å². The molecule has 1 aromatic carbocycles. The van der Waals surface area contributed by atoms with Gasteiger partial charge in [0.25, 0.3) is 0 Å². The quantitative estimate of drug-likeness (QED) is 0.472. The van der Waals surface area contributed by atoms with Crippen LogP contribution in [0.1, 0.15) is 36.5 Å². The molecular formula is C32H43NO8. The summed E-state index contributed by atoms with van der Waals surface area (Å²) in [6, 6.07) is 8.90. The largest absolute Gasteiger partial charge is 0.455 e. The van der Waals surface area contributed by atoms with Crippen molar-refractivity contribution in [2.45, 2.75) is 62.2 Å². The molecule has 0 aromatic heterocycles. The van der Waals surface area contributed by atoms with Gasteiger partial charge < -0.3 is 28.8 Å². The molecule has 1 aliphatic heterocycles. The number of Topliss-reactive ketones (excluding diaryl/α,β-unsaturated/α-hetero) is 1. The van der Waals surface area contributed by atoms with Crippen LogP contribution in [-0.2, 0) is 28.5 Å². The molecule has 1 N–H and O–H groups in total. The lowest BCUT2D eigenvalue weighted by molar-refractivity contribution is -0.250. The summed E-state index contributed by atoms with van der Waals surface area (Å²) in [5.41, 5.74) is -1.79. The summed E-state index contributed by atoms with van der Waals surface area (Å²) < 4.78 is 30.9. The van der Waals surface area contributed by atoms with E-state index in [-0.39, 0.29) is 53.1 Å². The highest BCUT2D eigenvalue weighted by Gasteiger charge is 2.87. The van der Waals surface area contributed by atoms with Crippen LogP contribution in [0.2, 0.25) is 0 Å². The minimum atomic E-state index is -1.63. The standard InChI is InChI=1S/C32H43NO8/c1-6-33-15-30(16-37-2)13-12-19(38-3)32-18-14-31(36)27(41-29(35)17-10-8-7-9-11-17)20(18)21(23(34)28(31)40-5)22(26(32)33)24(39-4)25(30)32/h7-11,18-22,24-28,36H,6,12-16H2,1-5H3/t18-,19+,20+,21+,22+,24+,25-,26?,27-,28+,30+,31-,32+/m1/s1. The number of likely N-dealkylation sites (tertiary alicyclic amines) is 1. The second-order valence-corrected chi connectivity index (χ2v) is 13.4. The normalized spacial score (nSPS) is 49.3. The van der Waals surface area contributed by atoms with Gasteiger partial charge in [-0.25, -0.2) is 4.79 Å². The van der Waals surface area contributed by atoms with Crippen LogP contribution in [0.3, 0.4) is 0 Å². The first kappa shape index (κ1) is 27.9. The van der Waals surface area contributed by atoms with Gasteiger partial charge in [0, 0.05) is 75.5 Å². The monoisotopic (exact) mass is 569 g/mol. The molecule has 0 radical (unpaired) electrons. The number of rotatable bonds is 8. The van der Waals surface area contributed by atoms with E-state index in [9.17, 15) is 14.7 Å². The maximum atomic E-state index is 14.5. The van der Waals surface area contributed by atoms with Crippen LogP contribution in [-0.4, -0.2) is 106 Å². The lowest BCUT2D eigenvalue weighted by atomic mass is 9.43. The molecule has 1 heterocycles. The Morgan fingerprint density at radius 1 is 1.07 bits per heavy atom. The minimum Gasteiger partial charge on any atom is -0.455 e. The summed E-state index contributed by atoms with van der Waals surface area (Å²) in [6.07, 6.45) is -0.130. The summed E-state index contributed by atoms with van der Waals surface area (Å²) in [6.45, 7) is 4.49. The molecule has 1 unspecified atom stereocenters. The number of piperidine rings is 1. The Labute approximate surface area is 241 Å². The number of methoxy groups -OCH3 is 4. The van der Waals surface area contributed by atoms with E-state index in [0.717, 1.165) is 25.9 Å². The number of ketones is 1. The number of hydrogen-bond acceptors (Lipinski definition) is 9. The maximum Gasteiger partial charge on any atom is 0.338 e. The highest BCUT2D eigenvalue weighted by atomic mass is 16.6. The number of ether oxygens (including phenoxy) is 5. The van der Waals surface area contributed by atoms with Crippen LogP contribution in [0.5, 0.6) is 0 Å². The van der Waals surface area contributed by atoms with Gasteiger partial charge in [-0.1, -0.05) is 25.1 Å². The Bertz CT molecular complexity index is 1210. The van der Waals surface area contributed by atoms with Crippen LogP contribution in [0, 0.1) is 40.4 Å². The second kappa shape index (κ2) is 9.56. The van der Waals surface area contributed by atoms with E-state index in [2.05, 4.69) is 11.8 Å². The lowest BCUT2D eigenvalue weighted by Gasteiger charge is -2.68. The number of benzene rings is 1. The molecule has 6 fully saturated rings. The van der Waals surface area contributed by atoms with E-state index in [4.69, 9.17) is 23.7 Å². The van der Waals surface area contributed by atoms with Gasteiger partial charge in [-0.15, -0.1) is 0 Å². The van der Waals surface area contributed by atoms with Crippen molar-refractivity contribution in [3.8, 4) is 0 Å². The second-order valence-electron chi connectivity index (χ2n) is 13.4. The zero-order valence-electron chi connectivity index (χ0n) is 24.7. The highest BCUT2D eigenvalue weighted by Crippen LogP contribution is 2.78. The van der Waals surface area contributed by atoms with Crippen LogP contribution in [0.25, 0.3) is 0 Å². The fourth-order valence-electron chi connectivity index (χ4n) is 11.7. The number of carbonyl (C=O) groups excluding carboxylic acids is 2. The van der Waals surface area contributed by atoms with E-state index in [0.29, 0.717) is 18.6 Å². The molecule has 1 aromatic rings. The smallest absolute Gasteiger partial charge is 0.338 e. The van der Waals surface area contributed by atoms with E-state index in [1.807, 2.05) is 6.07 Å². The Morgan fingerprint density at radius 2 is 1.83 bits per heavy atom. The van der Waals surface area contributed by atoms with Gasteiger partial charge in [0.2, 0.25) is 0 Å². The third-order valence-electron chi connectivity index (χ3n) is 12.4. The summed E-state index contributed by atoms with van der Waals surface area (Å²) in [5, 5.41) is 12.5. The summed E-state index contributed by atoms with van der Waals surface area (Å²) >= 11 is 0. The molecule has 13 atom stereocenters. The third kappa shape index (κ3) is 3.23. The van der Waals surface area contributed by atoms with Crippen LogP contribution >= 0.6 is 0 Å². The van der Waals surface area contributed by atoms with Gasteiger partial charge in [0.15, 0.2) is 5.78 Å². The first-order chi connectivity index (χ1) is 19.8. The summed E-state index contributed by atoms with van der Waals surface area (Å²) in [7, 11) is 6.81. The van der Waals surface area contributed by atoms with E-state index in [1.165, 1.54) is 7.11 Å². The summed E-state index contributed by atoms with van der Waals surface area (Å²) in [5.74, 6) is -1.62. The molecule has 7 bridgehead atoms. The fourth-order valence-corrected chi connectivity index (χ4v) is 11.7. The molecule has 1 spiro atoms. The number of fused-ring (bicyclic) bond motifs is 2. The molecule has 5 aliphatic carbocycles. The van der Waals surface area contributed by atoms with Crippen molar-refractivity contribution in [3.63, 3.8) is 0 Å². The average molecular weight is 570 g/mol. The van der Waals surface area contributed by atoms with Gasteiger partial charge in [0.1, 0.15) is 17.8 Å². The SMILES string of the molecule is CCN1C[C@]2(COC)CC[C@H](OC)[C@]34C1[C@H]([C@H](OC)[C@H]23)[C@H]1C(=O)[C@H](OC)[C@@]2(O)C[C@@H]4[C@@H]1[C@H]2OC(=O)c1ccccc1. The van der Waals surface area contributed by atoms with E-state index in [1.54, 1.807) is 45.6 Å². The van der Waals surface area contributed by atoms with Crippen molar-refractivity contribution < 1.29 is 38.4 Å². The van der Waals surface area contributed by atoms with Gasteiger partial charge in [-0.2, -0.15) is 0 Å². The molecule has 1 saturated heterocycles. The Kier molecular flexibility index (Phi) is 6.51. The predicted octanol–water partition coefficient (Wildman–Crippen LogP) is 2.20. The lowest BCUT2D eigenvalue weighted by Crippen LogP contribution is -2.74. The van der Waals surface area contributed by atoms with Gasteiger partial charge in [-0.05, 0) is 43.9 Å². The Morgan fingerprint density at radius 3 is 2.46 bits per heavy atom. The third-order valence-corrected chi connectivity index (χ3v) is 12.4. The number of hydrogen-bond donors (Lipinski definition) is 1. The van der Waals surface area contributed by atoms with Crippen LogP contribution in [0.15, 0.2) is 30.3 Å². The number of aliphatic hydroxyl groups is 1. The zero-order chi connectivity index (χ0) is 28.9. The first-order valence-electron chi connectivity index (χ1n) is 15.1. The Balaban J connectivity index is 1.44. The zero-order valence-corrected chi connectivity index (χ0v) is 24.7. The van der Waals surface area contributed by atoms with Gasteiger partial charge in [0.05, 0.1) is 24.4 Å². The van der Waals surface area contributed by atoms with Crippen molar-refractivity contribution in [2.24, 2.45) is 40.4 Å². The van der Waals surface area contributed by atoms with Crippen molar-refractivity contribution >= 4 is 11.8 Å². The molecule has 5 saturated carbocycles. The molecule has 7 rings (SSSR count).